The molecule has 1 heterocycles. The van der Waals surface area contributed by atoms with Crippen molar-refractivity contribution in [2.45, 2.75) is 39.9 Å². The van der Waals surface area contributed by atoms with Crippen LogP contribution in [0.3, 0.4) is 0 Å². The zero-order chi connectivity index (χ0) is 15.4. The predicted molar refractivity (Wildman–Crippen MR) is 83.3 cm³/mol. The average Bonchev–Trinajstić information content (AvgIpc) is 2.85. The first-order chi connectivity index (χ1) is 9.99. The quantitative estimate of drug-likeness (QED) is 0.655. The second kappa shape index (κ2) is 6.54. The van der Waals surface area contributed by atoms with Gasteiger partial charge in [-0.05, 0) is 24.6 Å². The minimum Gasteiger partial charge on any atom is -0.346 e. The molecule has 0 radical (unpaired) electrons. The Kier molecular flexibility index (Phi) is 4.75. The van der Waals surface area contributed by atoms with Crippen LogP contribution in [0.15, 0.2) is 36.5 Å². The average molecular weight is 287 g/mol. The summed E-state index contributed by atoms with van der Waals surface area (Å²) in [6.07, 6.45) is 2.01. The molecule has 0 atom stereocenters. The van der Waals surface area contributed by atoms with E-state index >= 15 is 0 Å². The molecule has 5 heteroatoms. The second-order valence-electron chi connectivity index (χ2n) is 5.48. The summed E-state index contributed by atoms with van der Waals surface area (Å²) in [5, 5.41) is 14.4. The van der Waals surface area contributed by atoms with Gasteiger partial charge in [-0.3, -0.25) is 10.1 Å². The van der Waals surface area contributed by atoms with Gasteiger partial charge in [0.2, 0.25) is 0 Å². The number of nitrogens with one attached hydrogen (secondary N) is 1. The van der Waals surface area contributed by atoms with E-state index in [0.717, 1.165) is 17.7 Å². The molecule has 1 aromatic carbocycles. The standard InChI is InChI=1S/C16H21N3O2/c1-12(2)17-10-15-7-5-9-18(15)11-14-6-4-8-16(13(14)3)19(20)21/h4-9,12,17H,10-11H2,1-3H3. The first kappa shape index (κ1) is 15.3. The molecule has 0 aliphatic carbocycles. The van der Waals surface area contributed by atoms with Crippen molar-refractivity contribution in [3.05, 3.63) is 63.5 Å². The number of nitro benzene ring substituents is 1. The number of rotatable bonds is 6. The molecular formula is C16H21N3O2. The summed E-state index contributed by atoms with van der Waals surface area (Å²) in [5.41, 5.74) is 3.07. The SMILES string of the molecule is Cc1c(Cn2cccc2CNC(C)C)cccc1[N+](=O)[O-]. The van der Waals surface area contributed by atoms with E-state index < -0.39 is 0 Å². The van der Waals surface area contributed by atoms with Crippen LogP contribution in [0.4, 0.5) is 5.69 Å². The van der Waals surface area contributed by atoms with Crippen LogP contribution in [0.2, 0.25) is 0 Å². The molecule has 0 saturated heterocycles. The van der Waals surface area contributed by atoms with Crippen LogP contribution in [0.1, 0.15) is 30.7 Å². The molecule has 2 rings (SSSR count). The normalized spacial score (nSPS) is 11.0. The molecular weight excluding hydrogens is 266 g/mol. The van der Waals surface area contributed by atoms with Crippen LogP contribution in [0.25, 0.3) is 0 Å². The smallest absolute Gasteiger partial charge is 0.272 e. The Morgan fingerprint density at radius 3 is 2.71 bits per heavy atom. The van der Waals surface area contributed by atoms with E-state index in [4.69, 9.17) is 0 Å². The van der Waals surface area contributed by atoms with Gasteiger partial charge in [-0.1, -0.05) is 26.0 Å². The van der Waals surface area contributed by atoms with Gasteiger partial charge in [0, 0.05) is 42.7 Å². The Bertz CT molecular complexity index is 632. The minimum absolute atomic E-state index is 0.182. The summed E-state index contributed by atoms with van der Waals surface area (Å²) in [4.78, 5) is 10.7. The van der Waals surface area contributed by atoms with Gasteiger partial charge in [0.15, 0.2) is 0 Å². The number of hydrogen-bond acceptors (Lipinski definition) is 3. The van der Waals surface area contributed by atoms with Crippen molar-refractivity contribution < 1.29 is 4.92 Å². The Hall–Kier alpha value is -2.14. The first-order valence-electron chi connectivity index (χ1n) is 7.09. The van der Waals surface area contributed by atoms with E-state index in [1.54, 1.807) is 12.1 Å². The van der Waals surface area contributed by atoms with Crippen LogP contribution < -0.4 is 5.32 Å². The summed E-state index contributed by atoms with van der Waals surface area (Å²) >= 11 is 0. The van der Waals surface area contributed by atoms with Crippen molar-refractivity contribution in [1.82, 2.24) is 9.88 Å². The fraction of sp³-hybridized carbons (Fsp3) is 0.375. The zero-order valence-corrected chi connectivity index (χ0v) is 12.7. The molecule has 1 aromatic heterocycles. The van der Waals surface area contributed by atoms with Gasteiger partial charge in [-0.25, -0.2) is 0 Å². The highest BCUT2D eigenvalue weighted by Gasteiger charge is 2.13. The summed E-state index contributed by atoms with van der Waals surface area (Å²) in [6.45, 7) is 7.47. The molecule has 1 N–H and O–H groups in total. The maximum Gasteiger partial charge on any atom is 0.272 e. The Morgan fingerprint density at radius 2 is 2.05 bits per heavy atom. The van der Waals surface area contributed by atoms with E-state index in [0.29, 0.717) is 12.6 Å². The Balaban J connectivity index is 2.21. The molecule has 0 spiro atoms. The van der Waals surface area contributed by atoms with Crippen molar-refractivity contribution in [1.29, 1.82) is 0 Å². The minimum atomic E-state index is -0.324. The maximum atomic E-state index is 11.0. The van der Waals surface area contributed by atoms with Crippen molar-refractivity contribution >= 4 is 5.69 Å². The van der Waals surface area contributed by atoms with Gasteiger partial charge >= 0.3 is 0 Å². The van der Waals surface area contributed by atoms with E-state index in [2.05, 4.69) is 29.8 Å². The van der Waals surface area contributed by atoms with Crippen molar-refractivity contribution in [3.63, 3.8) is 0 Å². The largest absolute Gasteiger partial charge is 0.346 e. The molecule has 0 saturated carbocycles. The topological polar surface area (TPSA) is 60.1 Å². The van der Waals surface area contributed by atoms with Crippen molar-refractivity contribution in [2.75, 3.05) is 0 Å². The molecule has 112 valence electrons. The summed E-state index contributed by atoms with van der Waals surface area (Å²) in [5.74, 6) is 0. The lowest BCUT2D eigenvalue weighted by atomic mass is 10.1. The molecule has 0 fully saturated rings. The summed E-state index contributed by atoms with van der Waals surface area (Å²) < 4.78 is 2.13. The number of nitrogens with zero attached hydrogens (tertiary/aromatic N) is 2. The van der Waals surface area contributed by atoms with Gasteiger partial charge in [-0.2, -0.15) is 0 Å². The summed E-state index contributed by atoms with van der Waals surface area (Å²) in [7, 11) is 0. The number of aromatic nitrogens is 1. The molecule has 0 aliphatic heterocycles. The molecule has 0 unspecified atom stereocenters. The highest BCUT2D eigenvalue weighted by atomic mass is 16.6. The van der Waals surface area contributed by atoms with Crippen molar-refractivity contribution in [2.24, 2.45) is 0 Å². The van der Waals surface area contributed by atoms with E-state index in [9.17, 15) is 10.1 Å². The highest BCUT2D eigenvalue weighted by Crippen LogP contribution is 2.22. The van der Waals surface area contributed by atoms with Gasteiger partial charge < -0.3 is 9.88 Å². The molecule has 21 heavy (non-hydrogen) atoms. The predicted octanol–water partition coefficient (Wildman–Crippen LogP) is 3.25. The van der Waals surface area contributed by atoms with Crippen LogP contribution >= 0.6 is 0 Å². The third-order valence-electron chi connectivity index (χ3n) is 3.57. The van der Waals surface area contributed by atoms with Crippen LogP contribution in [-0.2, 0) is 13.1 Å². The number of benzene rings is 1. The van der Waals surface area contributed by atoms with E-state index in [1.807, 2.05) is 25.3 Å². The third-order valence-corrected chi connectivity index (χ3v) is 3.57. The Morgan fingerprint density at radius 1 is 1.29 bits per heavy atom. The van der Waals surface area contributed by atoms with Crippen molar-refractivity contribution in [3.8, 4) is 0 Å². The lowest BCUT2D eigenvalue weighted by molar-refractivity contribution is -0.385. The third kappa shape index (κ3) is 3.70. The molecule has 0 aliphatic rings. The first-order valence-corrected chi connectivity index (χ1v) is 7.09. The zero-order valence-electron chi connectivity index (χ0n) is 12.7. The maximum absolute atomic E-state index is 11.0. The van der Waals surface area contributed by atoms with Gasteiger partial charge in [0.05, 0.1) is 4.92 Å². The molecule has 0 amide bonds. The van der Waals surface area contributed by atoms with Gasteiger partial charge in [-0.15, -0.1) is 0 Å². The summed E-state index contributed by atoms with van der Waals surface area (Å²) in [6, 6.07) is 9.74. The van der Waals surface area contributed by atoms with E-state index in [-0.39, 0.29) is 10.6 Å². The molecule has 2 aromatic rings. The Labute approximate surface area is 124 Å². The highest BCUT2D eigenvalue weighted by molar-refractivity contribution is 5.44. The monoisotopic (exact) mass is 287 g/mol. The fourth-order valence-corrected chi connectivity index (χ4v) is 2.30. The van der Waals surface area contributed by atoms with Gasteiger partial charge in [0.25, 0.3) is 5.69 Å². The number of nitro groups is 1. The second-order valence-corrected chi connectivity index (χ2v) is 5.48. The molecule has 0 bridgehead atoms. The lowest BCUT2D eigenvalue weighted by Gasteiger charge is -2.13. The number of hydrogen-bond donors (Lipinski definition) is 1. The van der Waals surface area contributed by atoms with Gasteiger partial charge in [0.1, 0.15) is 0 Å². The fourth-order valence-electron chi connectivity index (χ4n) is 2.30. The van der Waals surface area contributed by atoms with Crippen LogP contribution in [0, 0.1) is 17.0 Å². The van der Waals surface area contributed by atoms with E-state index in [1.165, 1.54) is 5.69 Å². The molecule has 5 nitrogen and oxygen atoms in total. The lowest BCUT2D eigenvalue weighted by Crippen LogP contribution is -2.23. The van der Waals surface area contributed by atoms with Crippen LogP contribution in [-0.4, -0.2) is 15.5 Å². The van der Waals surface area contributed by atoms with Crippen LogP contribution in [0.5, 0.6) is 0 Å².